The number of nitrogens with zero attached hydrogens (tertiary/aromatic N) is 11. The predicted molar refractivity (Wildman–Crippen MR) is 472 cm³/mol. The smallest absolute Gasteiger partial charge is 0.870 e. The van der Waals surface area contributed by atoms with Gasteiger partial charge in [0.25, 0.3) is 39.9 Å². The second kappa shape index (κ2) is 88.5. The van der Waals surface area contributed by atoms with E-state index in [1.54, 1.807) is 42.3 Å². The van der Waals surface area contributed by atoms with E-state index < -0.39 is 95.9 Å². The third-order valence-corrected chi connectivity index (χ3v) is 18.2. The molecule has 0 aliphatic carbocycles. The Balaban J connectivity index is -0.000000137. The molecule has 7 aliphatic rings. The first-order chi connectivity index (χ1) is 60.3. The molecule has 7 saturated heterocycles. The van der Waals surface area contributed by atoms with E-state index >= 15 is 0 Å². The second-order valence-electron chi connectivity index (χ2n) is 29.4. The van der Waals surface area contributed by atoms with Gasteiger partial charge < -0.3 is 128 Å². The summed E-state index contributed by atoms with van der Waals surface area (Å²) in [5, 5.41) is 45.4. The van der Waals surface area contributed by atoms with Gasteiger partial charge in [0, 0.05) is 157 Å². The number of carbonyl (C=O) groups excluding carboxylic acids is 14. The zero-order chi connectivity index (χ0) is 102. The molecule has 751 valence electrons. The number of methoxy groups -OCH3 is 5. The van der Waals surface area contributed by atoms with Crippen LogP contribution in [0.2, 0.25) is 0 Å². The summed E-state index contributed by atoms with van der Waals surface area (Å²) in [5.74, 6) is -4.20. The van der Waals surface area contributed by atoms with Crippen LogP contribution in [-0.4, -0.2) is 501 Å². The number of piperidine rings is 1. The Kier molecular flexibility index (Phi) is 98.6. The summed E-state index contributed by atoms with van der Waals surface area (Å²) in [6, 6.07) is -2.25. The van der Waals surface area contributed by atoms with Crippen LogP contribution in [0.3, 0.4) is 0 Å². The summed E-state index contributed by atoms with van der Waals surface area (Å²) in [6.07, 6.45) is -0.643. The average Bonchev–Trinajstić information content (AvgIpc) is 0.801. The third-order valence-electron chi connectivity index (χ3n) is 18.0. The van der Waals surface area contributed by atoms with Gasteiger partial charge in [0.1, 0.15) is 42.3 Å². The molecule has 131 heavy (non-hydrogen) atoms. The first-order valence-electron chi connectivity index (χ1n) is 39.7. The van der Waals surface area contributed by atoms with Crippen LogP contribution in [0.15, 0.2) is 0 Å². The normalized spacial score (nSPS) is 20.2. The second-order valence-corrected chi connectivity index (χ2v) is 30.6. The van der Waals surface area contributed by atoms with Gasteiger partial charge in [-0.3, -0.25) is 81.5 Å². The van der Waals surface area contributed by atoms with E-state index in [1.807, 2.05) is 82.6 Å². The van der Waals surface area contributed by atoms with Crippen molar-refractivity contribution in [1.29, 1.82) is 0 Å². The molecule has 1 amide bonds. The number of aliphatic carboxylic acids is 2. The Bertz CT molecular complexity index is 3150. The number of ether oxygens (including phenoxy) is 7. The van der Waals surface area contributed by atoms with E-state index in [-0.39, 0.29) is 120 Å². The van der Waals surface area contributed by atoms with Gasteiger partial charge in [0.05, 0.1) is 68.0 Å². The summed E-state index contributed by atoms with van der Waals surface area (Å²) < 4.78 is 80.2. The maximum Gasteiger partial charge on any atom is 1.00 e. The Labute approximate surface area is 825 Å². The van der Waals surface area contributed by atoms with E-state index in [0.717, 1.165) is 92.1 Å². The van der Waals surface area contributed by atoms with E-state index in [0.29, 0.717) is 77.8 Å². The average molecular weight is 1980 g/mol. The van der Waals surface area contributed by atoms with Gasteiger partial charge in [-0.25, -0.2) is 4.79 Å². The number of amides is 1. The number of nitrogens with one attached hydrogen (secondary N) is 2. The van der Waals surface area contributed by atoms with Crippen molar-refractivity contribution in [1.82, 2.24) is 64.3 Å². The number of likely N-dealkylation sites (N-methyl/N-ethyl adjacent to an activating group) is 7. The van der Waals surface area contributed by atoms with Crippen LogP contribution in [0.4, 0.5) is 17.6 Å². The molecule has 0 saturated carbocycles. The van der Waals surface area contributed by atoms with Crippen LogP contribution in [0.5, 0.6) is 0 Å². The van der Waals surface area contributed by atoms with Crippen molar-refractivity contribution >= 4 is 165 Å². The molecule has 9 atom stereocenters. The molecule has 7 fully saturated rings. The fourth-order valence-electron chi connectivity index (χ4n) is 11.3. The van der Waals surface area contributed by atoms with Crippen LogP contribution in [0, 0.1) is 10.8 Å². The predicted octanol–water partition coefficient (Wildman–Crippen LogP) is -8.55. The van der Waals surface area contributed by atoms with Gasteiger partial charge in [-0.2, -0.15) is 13.2 Å². The standard InChI is InChI=1S/C15H26N2O5.C8H14BN2O3.C8H13ClO3.C8H16N2O2.C8H15NO2.C7H12BN2O3.C7H14N2O2.C6H10BN2O3.C2HF3O.CH2Cl2.CH3Cl.CH3F.CH2O3.2CH4O.Li.Na.H2O/c1-10(18)22-12(15(2,3)4)13(19)17-8-7-16(5)9-11(17)14(20)21-6;1-10-3-4-11(9-6-12)5-7(10)8(13)14-2;1-5(10)12-6(7(9)11)8(2,3)4;1-9-4-5-10(2)7(6-9)8(11)12-3;1-9-6-4-3-5-7(9)8(10)11-2;1-9-2-3-10(8-5-11)4-6(9)7(12)13;1-9-4-3-8-6(5-9)7(10)11-2;10-4-7-9-2-1-8-5(3-9)6(11)12;3-2(4,5)1-6;2-1-3;2*1-2;2-1-4-3;2*1-2;;;/h11-12H,7-9H2,1-6H3;6-7H,3-5H2,1-2H3;6H,1-4H3;7H,4-6H2,1-3H3;7H,3-6H2,1-2H3;5-6H,2-4H2,1H3,(H,12,13);6,8H,3-5H2,1-2H3;4-5,8H,1-3H2,(H,11,12);1H;1H2;2*1H3;1,3H;2*2H,1H3;;;1H2/q;;;;;;;;;;;;;;;2*+1;/p-2/t11-,12-;7-;6-;2*7-;2*6-;5-;;;;;;;;;;/m00000000........../s1/i;;;;;;;;;;;1D;;;;;;. The molecule has 7 aliphatic heterocycles. The summed E-state index contributed by atoms with van der Waals surface area (Å²) in [4.78, 5) is 195. The number of hydrogen-bond acceptors (Lipinski definition) is 40. The Morgan fingerprint density at radius 2 is 0.817 bits per heavy atom. The molecule has 0 spiro atoms. The van der Waals surface area contributed by atoms with Gasteiger partial charge in [-0.1, -0.05) is 48.0 Å². The summed E-state index contributed by atoms with van der Waals surface area (Å²) >= 11 is 19.4. The number of aldehydes is 1. The van der Waals surface area contributed by atoms with Gasteiger partial charge in [0.15, 0.2) is 12.2 Å². The molecule has 0 unspecified atom stereocenters. The fraction of sp³-hybridized carbons (Fsp3) is 0.787. The quantitative estimate of drug-likeness (QED) is 0.00854. The fourth-order valence-corrected chi connectivity index (χ4v) is 11.7. The summed E-state index contributed by atoms with van der Waals surface area (Å²) in [7, 11) is 25.7. The van der Waals surface area contributed by atoms with Crippen molar-refractivity contribution in [2.75, 3.05) is 242 Å². The van der Waals surface area contributed by atoms with Gasteiger partial charge >= 0.3 is 108 Å². The number of hydrogen-bond donors (Lipinski definition) is 6. The molecule has 7 N–H and O–H groups in total. The maximum absolute atomic E-state index is 12.8. The number of piperazine rings is 6. The van der Waals surface area contributed by atoms with Crippen molar-refractivity contribution in [2.24, 2.45) is 10.8 Å². The van der Waals surface area contributed by atoms with Crippen molar-refractivity contribution in [2.45, 2.75) is 135 Å². The van der Waals surface area contributed by atoms with E-state index in [9.17, 15) is 84.7 Å². The number of likely N-dealkylation sites (tertiary alicyclic amines) is 1. The topological polar surface area (TPSA) is 541 Å². The summed E-state index contributed by atoms with van der Waals surface area (Å²) in [6.45, 7) is 26.3. The van der Waals surface area contributed by atoms with E-state index in [1.165, 1.54) is 89.3 Å². The Morgan fingerprint density at radius 3 is 1.15 bits per heavy atom. The Morgan fingerprint density at radius 1 is 0.496 bits per heavy atom. The number of rotatable bonds is 18. The molecular formula is C75H139B3Cl4F4LiN13NaO30. The van der Waals surface area contributed by atoms with Crippen LogP contribution in [-0.2, 0) is 115 Å². The third kappa shape index (κ3) is 72.6. The molecule has 0 bridgehead atoms. The Hall–Kier alpha value is -5.45. The molecular weight excluding hydrogens is 1840 g/mol. The maximum atomic E-state index is 12.8. The van der Waals surface area contributed by atoms with Crippen LogP contribution in [0.1, 0.15) is 76.0 Å². The number of carboxylic acid groups (broad SMARTS) is 2. The monoisotopic (exact) mass is 1980 g/mol. The van der Waals surface area contributed by atoms with E-state index in [4.69, 9.17) is 90.4 Å². The van der Waals surface area contributed by atoms with Gasteiger partial charge in [0.2, 0.25) is 6.29 Å². The van der Waals surface area contributed by atoms with E-state index in [2.05, 4.69) is 56.0 Å². The minimum Gasteiger partial charge on any atom is -0.870 e. The number of carboxylic acids is 2. The minimum atomic E-state index is -4.64. The first kappa shape index (κ1) is 146. The van der Waals surface area contributed by atoms with Crippen LogP contribution < -0.4 is 64.3 Å². The first-order valence-corrected chi connectivity index (χ1v) is 41.1. The number of alkyl halides is 7. The summed E-state index contributed by atoms with van der Waals surface area (Å²) in [5.41, 5.74) is -1.02. The molecule has 56 heteroatoms. The number of carbonyl (C=O) groups is 16. The zero-order valence-electron chi connectivity index (χ0n) is 81.2. The molecule has 0 aromatic rings. The number of aliphatic hydroxyl groups excluding tert-OH is 2. The zero-order valence-corrected chi connectivity index (χ0v) is 85.2. The number of halogens is 8. The van der Waals surface area contributed by atoms with Crippen LogP contribution >= 0.6 is 46.4 Å². The molecule has 7 heterocycles. The molecule has 0 aromatic heterocycles. The van der Waals surface area contributed by atoms with Crippen molar-refractivity contribution in [3.8, 4) is 0 Å². The van der Waals surface area contributed by atoms with Crippen LogP contribution in [0.25, 0.3) is 0 Å². The van der Waals surface area contributed by atoms with Gasteiger partial charge in [-0.05, 0) is 86.9 Å². The molecule has 0 aromatic carbocycles. The molecule has 7 rings (SSSR count). The minimum absolute atomic E-state index is 0. The number of esters is 7. The van der Waals surface area contributed by atoms with Gasteiger partial charge in [-0.15, -0.1) is 34.8 Å². The SMILES string of the molecule is CC(=O)O[C@@H](C(=O)Cl)C(C)(C)C.CCl.CN1CCN([B]C=O)C[C@H]1C(=O)O.CO.CO.COC(=O)[C@@H]1CCCCN1C.COC(=O)[C@@H]1CN(C)CCN1.COC(=O)[C@@H]1CN(C)CCN1C.COC(=O)[C@@H]1CN(C)CCN1C(=O)[C@H](OC(C)=O)C(C)(C)C.COC(=O)[C@@H]1CN([B]C=O)CCN1C.ClCCl.O=CC(F)(F)F.O=CO[O-].O=C[B]N1CCN[C@H](C(=O)O)C1.[2H]CF.[Li+].[Na+].[OH-]. The van der Waals surface area contributed by atoms with Crippen molar-refractivity contribution in [3.63, 3.8) is 0 Å². The molecule has 43 nitrogen and oxygen atoms in total. The molecule has 3 radical (unpaired) electrons. The number of aliphatic hydroxyl groups is 2. The van der Waals surface area contributed by atoms with Crippen molar-refractivity contribution < 1.29 is 213 Å². The largest absolute Gasteiger partial charge is 1.00 e. The van der Waals surface area contributed by atoms with Crippen molar-refractivity contribution in [3.05, 3.63) is 0 Å².